The Bertz CT molecular complexity index is 1100. The topological polar surface area (TPSA) is 64.6 Å². The molecule has 0 amide bonds. The van der Waals surface area contributed by atoms with Crippen molar-refractivity contribution < 1.29 is 19.1 Å². The average Bonchev–Trinajstić information content (AvgIpc) is 2.78. The zero-order valence-electron chi connectivity index (χ0n) is 18.4. The highest BCUT2D eigenvalue weighted by Gasteiger charge is 2.41. The van der Waals surface area contributed by atoms with Crippen LogP contribution in [0.1, 0.15) is 49.7 Å². The van der Waals surface area contributed by atoms with Crippen molar-refractivity contribution in [3.8, 4) is 5.75 Å². The molecule has 1 aliphatic heterocycles. The predicted octanol–water partition coefficient (Wildman–Crippen LogP) is 5.27. The number of nitrogens with one attached hydrogen (secondary N) is 1. The van der Waals surface area contributed by atoms with E-state index in [4.69, 9.17) is 21.1 Å². The SMILES string of the molecule is CCOC(=O)C1=C(C)NC2=C(C(=O)CC(c3ccc(OC)cc3)C2)C1c1ccc(Cl)cc1. The summed E-state index contributed by atoms with van der Waals surface area (Å²) < 4.78 is 10.6. The van der Waals surface area contributed by atoms with E-state index in [1.165, 1.54) is 0 Å². The molecule has 0 fully saturated rings. The third-order valence-corrected chi connectivity index (χ3v) is 6.37. The fourth-order valence-electron chi connectivity index (χ4n) is 4.62. The second-order valence-corrected chi connectivity index (χ2v) is 8.50. The van der Waals surface area contributed by atoms with Crippen molar-refractivity contribution in [2.75, 3.05) is 13.7 Å². The summed E-state index contributed by atoms with van der Waals surface area (Å²) in [5, 5.41) is 3.96. The van der Waals surface area contributed by atoms with Gasteiger partial charge in [-0.1, -0.05) is 35.9 Å². The third-order valence-electron chi connectivity index (χ3n) is 6.11. The number of dihydropyridines is 1. The standard InChI is InChI=1S/C26H26ClNO4/c1-4-32-26(30)23-15(2)28-21-13-18(16-7-11-20(31-3)12-8-16)14-22(29)25(21)24(23)17-5-9-19(27)10-6-17/h5-12,18,24,28H,4,13-14H2,1-3H3. The minimum atomic E-state index is -0.480. The number of ether oxygens (including phenoxy) is 2. The fourth-order valence-corrected chi connectivity index (χ4v) is 4.74. The second-order valence-electron chi connectivity index (χ2n) is 8.06. The number of allylic oxidation sites excluding steroid dienone is 3. The van der Waals surface area contributed by atoms with Crippen molar-refractivity contribution >= 4 is 23.4 Å². The number of halogens is 1. The highest BCUT2D eigenvalue weighted by atomic mass is 35.5. The molecule has 2 atom stereocenters. The summed E-state index contributed by atoms with van der Waals surface area (Å²) >= 11 is 6.10. The smallest absolute Gasteiger partial charge is 0.336 e. The maximum absolute atomic E-state index is 13.5. The van der Waals surface area contributed by atoms with Crippen molar-refractivity contribution in [3.63, 3.8) is 0 Å². The van der Waals surface area contributed by atoms with E-state index in [-0.39, 0.29) is 18.3 Å². The minimum Gasteiger partial charge on any atom is -0.497 e. The van der Waals surface area contributed by atoms with Crippen LogP contribution in [0.5, 0.6) is 5.75 Å². The summed E-state index contributed by atoms with van der Waals surface area (Å²) in [5.74, 6) is -0.00973. The fraction of sp³-hybridized carbons (Fsp3) is 0.308. The van der Waals surface area contributed by atoms with Crippen molar-refractivity contribution in [2.24, 2.45) is 0 Å². The number of carbonyl (C=O) groups excluding carboxylic acids is 2. The summed E-state index contributed by atoms with van der Waals surface area (Å²) in [5.41, 5.74) is 4.64. The molecule has 0 saturated carbocycles. The Morgan fingerprint density at radius 3 is 2.34 bits per heavy atom. The second kappa shape index (κ2) is 9.21. The normalized spacial score (nSPS) is 20.6. The highest BCUT2D eigenvalue weighted by molar-refractivity contribution is 6.30. The van der Waals surface area contributed by atoms with Crippen LogP contribution >= 0.6 is 11.6 Å². The Hall–Kier alpha value is -3.05. The number of ketones is 1. The molecule has 0 spiro atoms. The number of hydrogen-bond acceptors (Lipinski definition) is 5. The Morgan fingerprint density at radius 2 is 1.72 bits per heavy atom. The maximum atomic E-state index is 13.5. The molecule has 1 aliphatic carbocycles. The van der Waals surface area contributed by atoms with Crippen LogP contribution in [0.3, 0.4) is 0 Å². The summed E-state index contributed by atoms with van der Waals surface area (Å²) in [6, 6.07) is 15.2. The summed E-state index contributed by atoms with van der Waals surface area (Å²) in [7, 11) is 1.63. The van der Waals surface area contributed by atoms with Gasteiger partial charge >= 0.3 is 5.97 Å². The van der Waals surface area contributed by atoms with Crippen LogP contribution in [-0.4, -0.2) is 25.5 Å². The van der Waals surface area contributed by atoms with Crippen LogP contribution in [0, 0.1) is 0 Å². The molecule has 166 valence electrons. The lowest BCUT2D eigenvalue weighted by atomic mass is 9.72. The van der Waals surface area contributed by atoms with Gasteiger partial charge in [-0.05, 0) is 61.6 Å². The van der Waals surface area contributed by atoms with Gasteiger partial charge in [0.15, 0.2) is 5.78 Å². The third kappa shape index (κ3) is 4.17. The van der Waals surface area contributed by atoms with E-state index in [9.17, 15) is 9.59 Å². The van der Waals surface area contributed by atoms with Gasteiger partial charge in [0.25, 0.3) is 0 Å². The lowest BCUT2D eigenvalue weighted by molar-refractivity contribution is -0.138. The molecular formula is C26H26ClNO4. The number of methoxy groups -OCH3 is 1. The van der Waals surface area contributed by atoms with E-state index >= 15 is 0 Å². The first-order valence-corrected chi connectivity index (χ1v) is 11.1. The first-order chi connectivity index (χ1) is 15.4. The molecule has 1 heterocycles. The van der Waals surface area contributed by atoms with Gasteiger partial charge < -0.3 is 14.8 Å². The van der Waals surface area contributed by atoms with Gasteiger partial charge in [0.1, 0.15) is 5.75 Å². The van der Waals surface area contributed by atoms with Crippen LogP contribution in [0.25, 0.3) is 0 Å². The lowest BCUT2D eigenvalue weighted by Gasteiger charge is -2.36. The number of hydrogen-bond donors (Lipinski definition) is 1. The first kappa shape index (κ1) is 22.2. The summed E-state index contributed by atoms with van der Waals surface area (Å²) in [6.07, 6.45) is 1.07. The minimum absolute atomic E-state index is 0.0359. The van der Waals surface area contributed by atoms with Gasteiger partial charge in [0, 0.05) is 34.3 Å². The van der Waals surface area contributed by atoms with E-state index in [1.807, 2.05) is 43.3 Å². The molecular weight excluding hydrogens is 426 g/mol. The van der Waals surface area contributed by atoms with Crippen LogP contribution in [-0.2, 0) is 14.3 Å². The average molecular weight is 452 g/mol. The zero-order valence-corrected chi connectivity index (χ0v) is 19.2. The maximum Gasteiger partial charge on any atom is 0.336 e. The Morgan fingerprint density at radius 1 is 1.06 bits per heavy atom. The van der Waals surface area contributed by atoms with Gasteiger partial charge in [-0.2, -0.15) is 0 Å². The monoisotopic (exact) mass is 451 g/mol. The van der Waals surface area contributed by atoms with Gasteiger partial charge in [-0.15, -0.1) is 0 Å². The number of esters is 1. The van der Waals surface area contributed by atoms with Crippen molar-refractivity contribution in [1.29, 1.82) is 0 Å². The lowest BCUT2D eigenvalue weighted by Crippen LogP contribution is -2.36. The van der Waals surface area contributed by atoms with Gasteiger partial charge in [0.05, 0.1) is 19.3 Å². The summed E-state index contributed by atoms with van der Waals surface area (Å²) in [6.45, 7) is 3.90. The number of carbonyl (C=O) groups is 2. The molecule has 0 aromatic heterocycles. The predicted molar refractivity (Wildman–Crippen MR) is 124 cm³/mol. The van der Waals surface area contributed by atoms with Gasteiger partial charge in [0.2, 0.25) is 0 Å². The van der Waals surface area contributed by atoms with E-state index in [1.54, 1.807) is 26.2 Å². The number of rotatable bonds is 5. The Balaban J connectivity index is 1.76. The van der Waals surface area contributed by atoms with Crippen molar-refractivity contribution in [1.82, 2.24) is 5.32 Å². The zero-order chi connectivity index (χ0) is 22.8. The molecule has 6 heteroatoms. The van der Waals surface area contributed by atoms with E-state index in [2.05, 4.69) is 5.32 Å². The van der Waals surface area contributed by atoms with Crippen LogP contribution in [0.2, 0.25) is 5.02 Å². The molecule has 0 radical (unpaired) electrons. The van der Waals surface area contributed by atoms with Crippen LogP contribution in [0.4, 0.5) is 0 Å². The Kier molecular flexibility index (Phi) is 6.38. The highest BCUT2D eigenvalue weighted by Crippen LogP contribution is 2.46. The molecule has 0 saturated heterocycles. The molecule has 4 rings (SSSR count). The van der Waals surface area contributed by atoms with Crippen LogP contribution in [0.15, 0.2) is 71.1 Å². The molecule has 32 heavy (non-hydrogen) atoms. The molecule has 0 bridgehead atoms. The van der Waals surface area contributed by atoms with E-state index < -0.39 is 11.9 Å². The Labute approximate surface area is 193 Å². The number of Topliss-reactive ketones (excluding diaryl/α,β-unsaturated/α-hetero) is 1. The van der Waals surface area contributed by atoms with Crippen LogP contribution < -0.4 is 10.1 Å². The molecule has 5 nitrogen and oxygen atoms in total. The molecule has 2 aromatic rings. The molecule has 2 unspecified atom stereocenters. The van der Waals surface area contributed by atoms with E-state index in [0.717, 1.165) is 22.6 Å². The van der Waals surface area contributed by atoms with Crippen molar-refractivity contribution in [2.45, 2.75) is 38.5 Å². The molecule has 2 aliphatic rings. The first-order valence-electron chi connectivity index (χ1n) is 10.7. The van der Waals surface area contributed by atoms with E-state index in [0.29, 0.717) is 34.7 Å². The largest absolute Gasteiger partial charge is 0.497 e. The van der Waals surface area contributed by atoms with Gasteiger partial charge in [-0.3, -0.25) is 4.79 Å². The molecule has 2 aromatic carbocycles. The van der Waals surface area contributed by atoms with Crippen molar-refractivity contribution in [3.05, 3.63) is 87.2 Å². The van der Waals surface area contributed by atoms with Gasteiger partial charge in [-0.25, -0.2) is 4.79 Å². The quantitative estimate of drug-likeness (QED) is 0.627. The summed E-state index contributed by atoms with van der Waals surface area (Å²) in [4.78, 5) is 26.4. The molecule has 1 N–H and O–H groups in total. The number of benzene rings is 2.